The Morgan fingerprint density at radius 3 is 1.48 bits per heavy atom. The number of fused-ring (bicyclic) bond motifs is 2. The molecule has 9 heteroatoms. The molecule has 0 fully saturated rings. The zero-order valence-electron chi connectivity index (χ0n) is 13.1. The van der Waals surface area contributed by atoms with E-state index in [1.54, 1.807) is 48.8 Å². The summed E-state index contributed by atoms with van der Waals surface area (Å²) in [6.45, 7) is 0. The van der Waals surface area contributed by atoms with E-state index < -0.39 is 0 Å². The summed E-state index contributed by atoms with van der Waals surface area (Å²) in [5.74, 6) is -0.110. The summed E-state index contributed by atoms with van der Waals surface area (Å²) in [7, 11) is 0. The largest absolute Gasteiger partial charge is 2.00 e. The molecule has 141 valence electrons. The topological polar surface area (TPSA) is 71.9 Å². The molecule has 0 aliphatic carbocycles. The number of nitrogens with zero attached hydrogens (tertiary/aromatic N) is 2. The zero-order chi connectivity index (χ0) is 18.8. The molecule has 4 aromatic rings. The predicted octanol–water partition coefficient (Wildman–Crippen LogP) is 5.13. The van der Waals surface area contributed by atoms with Gasteiger partial charge >= 0.3 is 17.1 Å². The number of pyridine rings is 2. The van der Waals surface area contributed by atoms with Crippen LogP contribution in [0.4, 0.5) is 0 Å². The molecular weight excluding hydrogens is 665 g/mol. The van der Waals surface area contributed by atoms with E-state index in [1.807, 2.05) is 45.2 Å². The van der Waals surface area contributed by atoms with Crippen molar-refractivity contribution in [2.24, 2.45) is 0 Å². The zero-order valence-corrected chi connectivity index (χ0v) is 19.9. The van der Waals surface area contributed by atoms with Gasteiger partial charge in [-0.15, -0.1) is 0 Å². The Morgan fingerprint density at radius 1 is 0.741 bits per heavy atom. The van der Waals surface area contributed by atoms with Gasteiger partial charge < -0.3 is 10.2 Å². The van der Waals surface area contributed by atoms with E-state index in [0.717, 1.165) is 10.8 Å². The fraction of sp³-hybridized carbons (Fsp3) is 0. The molecule has 0 aliphatic rings. The molecule has 0 atom stereocenters. The number of aromatic nitrogens is 2. The van der Waals surface area contributed by atoms with Crippen LogP contribution in [0.3, 0.4) is 0 Å². The maximum Gasteiger partial charge on any atom is 2.00 e. The molecule has 2 aromatic heterocycles. The average molecular weight is 673 g/mol. The standard InChI is InChI=1S/2C9H5ClINO.Cu/c2*10-6-4-7(11)9(13)8-5(6)2-1-3-12-8;/h2*1-4,13H;/q;;+2/p-2/i;;1+0. The van der Waals surface area contributed by atoms with Crippen LogP contribution in [0.1, 0.15) is 0 Å². The molecule has 0 saturated heterocycles. The summed E-state index contributed by atoms with van der Waals surface area (Å²) in [5.41, 5.74) is 0.888. The minimum atomic E-state index is -0.0550. The van der Waals surface area contributed by atoms with Gasteiger partial charge in [-0.25, -0.2) is 0 Å². The van der Waals surface area contributed by atoms with Crippen LogP contribution in [0.5, 0.6) is 11.5 Å². The first-order chi connectivity index (χ1) is 12.4. The van der Waals surface area contributed by atoms with Gasteiger partial charge in [-0.05, 0) is 81.6 Å². The van der Waals surface area contributed by atoms with Gasteiger partial charge in [0.25, 0.3) is 0 Å². The second kappa shape index (κ2) is 9.75. The molecule has 27 heavy (non-hydrogen) atoms. The van der Waals surface area contributed by atoms with Gasteiger partial charge in [-0.1, -0.05) is 34.7 Å². The van der Waals surface area contributed by atoms with Crippen molar-refractivity contribution in [1.29, 1.82) is 0 Å². The van der Waals surface area contributed by atoms with Crippen LogP contribution >= 0.6 is 68.4 Å². The Kier molecular flexibility index (Phi) is 8.20. The second-order valence-corrected chi connectivity index (χ2v) is 8.28. The summed E-state index contributed by atoms with van der Waals surface area (Å²) in [4.78, 5) is 8.00. The van der Waals surface area contributed by atoms with E-state index in [1.165, 1.54) is 0 Å². The summed E-state index contributed by atoms with van der Waals surface area (Å²) in [5, 5.41) is 25.7. The number of benzene rings is 2. The van der Waals surface area contributed by atoms with Crippen molar-refractivity contribution in [3.63, 3.8) is 0 Å². The molecule has 0 N–H and O–H groups in total. The number of hydrogen-bond donors (Lipinski definition) is 0. The fourth-order valence-electron chi connectivity index (χ4n) is 2.29. The van der Waals surface area contributed by atoms with Crippen molar-refractivity contribution in [2.45, 2.75) is 0 Å². The quantitative estimate of drug-likeness (QED) is 0.192. The number of hydrogen-bond acceptors (Lipinski definition) is 4. The van der Waals surface area contributed by atoms with Gasteiger partial charge in [0.05, 0.1) is 21.1 Å². The van der Waals surface area contributed by atoms with Crippen molar-refractivity contribution < 1.29 is 27.3 Å². The summed E-state index contributed by atoms with van der Waals surface area (Å²) in [6.07, 6.45) is 3.19. The van der Waals surface area contributed by atoms with Gasteiger partial charge in [-0.2, -0.15) is 0 Å². The molecule has 0 aliphatic heterocycles. The van der Waals surface area contributed by atoms with Crippen molar-refractivity contribution in [3.05, 3.63) is 66.0 Å². The van der Waals surface area contributed by atoms with Crippen LogP contribution in [-0.4, -0.2) is 9.97 Å². The number of rotatable bonds is 0. The van der Waals surface area contributed by atoms with Crippen LogP contribution in [0, 0.1) is 7.14 Å². The Bertz CT molecular complexity index is 1040. The monoisotopic (exact) mass is 672 g/mol. The Hall–Kier alpha value is -0.581. The first kappa shape index (κ1) is 22.7. The van der Waals surface area contributed by atoms with Crippen LogP contribution in [-0.2, 0) is 17.1 Å². The van der Waals surface area contributed by atoms with E-state index in [9.17, 15) is 10.2 Å². The minimum Gasteiger partial charge on any atom is -0.870 e. The van der Waals surface area contributed by atoms with E-state index in [-0.39, 0.29) is 28.6 Å². The molecular formula is C18H8Cl2CuI2N2O2. The first-order valence-corrected chi connectivity index (χ1v) is 10.1. The van der Waals surface area contributed by atoms with Gasteiger partial charge in [0.2, 0.25) is 0 Å². The van der Waals surface area contributed by atoms with Crippen LogP contribution in [0.2, 0.25) is 10.0 Å². The third kappa shape index (κ3) is 4.89. The molecule has 4 rings (SSSR count). The van der Waals surface area contributed by atoms with Gasteiger partial charge in [0.1, 0.15) is 0 Å². The van der Waals surface area contributed by atoms with E-state index in [2.05, 4.69) is 9.97 Å². The summed E-state index contributed by atoms with van der Waals surface area (Å²) < 4.78 is 1.21. The molecule has 4 nitrogen and oxygen atoms in total. The molecule has 2 aromatic carbocycles. The van der Waals surface area contributed by atoms with Gasteiger partial charge in [0, 0.05) is 30.3 Å². The minimum absolute atomic E-state index is 0. The third-order valence-electron chi connectivity index (χ3n) is 3.50. The molecule has 0 saturated carbocycles. The van der Waals surface area contributed by atoms with Crippen molar-refractivity contribution in [3.8, 4) is 11.5 Å². The van der Waals surface area contributed by atoms with Crippen molar-refractivity contribution in [1.82, 2.24) is 9.97 Å². The maximum atomic E-state index is 11.6. The van der Waals surface area contributed by atoms with E-state index in [0.29, 0.717) is 28.2 Å². The molecule has 0 amide bonds. The van der Waals surface area contributed by atoms with Crippen molar-refractivity contribution in [2.75, 3.05) is 0 Å². The Balaban J connectivity index is 0.000000187. The third-order valence-corrected chi connectivity index (χ3v) is 5.73. The SMILES string of the molecule is [64Cu+2].[O-]c1c(I)cc(Cl)c2cccnc12.[O-]c1c(I)cc(Cl)c2cccnc12. The molecule has 0 spiro atoms. The molecule has 1 radical (unpaired) electrons. The van der Waals surface area contributed by atoms with E-state index >= 15 is 0 Å². The van der Waals surface area contributed by atoms with Crippen LogP contribution in [0.15, 0.2) is 48.8 Å². The molecule has 0 bridgehead atoms. The van der Waals surface area contributed by atoms with E-state index in [4.69, 9.17) is 23.2 Å². The average Bonchev–Trinajstić information content (AvgIpc) is 2.65. The van der Waals surface area contributed by atoms with Crippen LogP contribution < -0.4 is 10.2 Å². The van der Waals surface area contributed by atoms with Gasteiger partial charge in [0.15, 0.2) is 0 Å². The Morgan fingerprint density at radius 2 is 1.11 bits per heavy atom. The van der Waals surface area contributed by atoms with Gasteiger partial charge in [-0.3, -0.25) is 9.97 Å². The predicted molar refractivity (Wildman–Crippen MR) is 118 cm³/mol. The van der Waals surface area contributed by atoms with Crippen molar-refractivity contribution >= 4 is 90.2 Å². The molecule has 0 unspecified atom stereocenters. The first-order valence-electron chi connectivity index (χ1n) is 7.19. The van der Waals surface area contributed by atoms with Crippen LogP contribution in [0.25, 0.3) is 21.8 Å². The smallest absolute Gasteiger partial charge is 0.870 e. The Labute approximate surface area is 203 Å². The normalized spacial score (nSPS) is 10.2. The molecule has 2 heterocycles. The second-order valence-electron chi connectivity index (χ2n) is 5.14. The summed E-state index contributed by atoms with van der Waals surface area (Å²) in [6, 6.07) is 10.4. The fourth-order valence-corrected chi connectivity index (χ4v) is 4.32. The maximum absolute atomic E-state index is 11.6. The summed E-state index contributed by atoms with van der Waals surface area (Å²) >= 11 is 15.8. The number of halogens is 4.